The minimum absolute atomic E-state index is 0.846. The van der Waals surface area contributed by atoms with Crippen LogP contribution in [0.4, 0.5) is 0 Å². The summed E-state index contributed by atoms with van der Waals surface area (Å²) in [5.41, 5.74) is 1.10. The molecule has 0 aliphatic rings. The van der Waals surface area contributed by atoms with E-state index in [1.54, 1.807) is 6.20 Å². The van der Waals surface area contributed by atoms with Crippen LogP contribution in [-0.2, 0) is 6.42 Å². The normalized spacial score (nSPS) is 10.0. The standard InChI is InChI=1S/C8H13N3/c1-7-10-6-4-8(11-7)3-5-9-2/h4,6,9H,3,5H2,1-2H3. The van der Waals surface area contributed by atoms with E-state index in [-0.39, 0.29) is 0 Å². The number of nitrogens with one attached hydrogen (secondary N) is 1. The molecule has 0 aliphatic heterocycles. The van der Waals surface area contributed by atoms with Crippen LogP contribution in [0.15, 0.2) is 12.3 Å². The summed E-state index contributed by atoms with van der Waals surface area (Å²) in [7, 11) is 1.94. The molecule has 11 heavy (non-hydrogen) atoms. The zero-order valence-electron chi connectivity index (χ0n) is 6.96. The Hall–Kier alpha value is -0.960. The number of aryl methyl sites for hydroxylation is 1. The van der Waals surface area contributed by atoms with Crippen LogP contribution in [0.5, 0.6) is 0 Å². The molecule has 60 valence electrons. The van der Waals surface area contributed by atoms with Crippen LogP contribution < -0.4 is 5.32 Å². The van der Waals surface area contributed by atoms with E-state index in [1.807, 2.05) is 20.0 Å². The first-order chi connectivity index (χ1) is 5.33. The Balaban J connectivity index is 2.56. The topological polar surface area (TPSA) is 37.8 Å². The van der Waals surface area contributed by atoms with Crippen molar-refractivity contribution in [2.45, 2.75) is 13.3 Å². The summed E-state index contributed by atoms with van der Waals surface area (Å²) in [6.07, 6.45) is 2.77. The molecule has 1 heterocycles. The lowest BCUT2D eigenvalue weighted by Gasteiger charge is -1.99. The van der Waals surface area contributed by atoms with Gasteiger partial charge in [0.05, 0.1) is 0 Å². The zero-order chi connectivity index (χ0) is 8.10. The van der Waals surface area contributed by atoms with E-state index in [0.717, 1.165) is 24.5 Å². The highest BCUT2D eigenvalue weighted by molar-refractivity contribution is 5.01. The smallest absolute Gasteiger partial charge is 0.125 e. The second-order valence-corrected chi connectivity index (χ2v) is 2.45. The number of nitrogens with zero attached hydrogens (tertiary/aromatic N) is 2. The molecule has 1 rings (SSSR count). The third-order valence-electron chi connectivity index (χ3n) is 1.46. The summed E-state index contributed by atoms with van der Waals surface area (Å²) < 4.78 is 0. The zero-order valence-corrected chi connectivity index (χ0v) is 6.96. The summed E-state index contributed by atoms with van der Waals surface area (Å²) in [4.78, 5) is 8.28. The van der Waals surface area contributed by atoms with E-state index < -0.39 is 0 Å². The summed E-state index contributed by atoms with van der Waals surface area (Å²) >= 11 is 0. The van der Waals surface area contributed by atoms with Crippen LogP contribution in [0.3, 0.4) is 0 Å². The lowest BCUT2D eigenvalue weighted by Crippen LogP contribution is -2.11. The van der Waals surface area contributed by atoms with Gasteiger partial charge in [-0.3, -0.25) is 0 Å². The predicted octanol–water partition coefficient (Wildman–Crippen LogP) is 0.547. The van der Waals surface area contributed by atoms with Crippen molar-refractivity contribution in [2.75, 3.05) is 13.6 Å². The van der Waals surface area contributed by atoms with Crippen molar-refractivity contribution in [1.82, 2.24) is 15.3 Å². The average Bonchev–Trinajstić information content (AvgIpc) is 2.01. The average molecular weight is 151 g/mol. The fraction of sp³-hybridized carbons (Fsp3) is 0.500. The molecule has 3 nitrogen and oxygen atoms in total. The summed E-state index contributed by atoms with van der Waals surface area (Å²) in [5, 5.41) is 3.08. The van der Waals surface area contributed by atoms with Gasteiger partial charge in [0.2, 0.25) is 0 Å². The van der Waals surface area contributed by atoms with E-state index in [1.165, 1.54) is 0 Å². The van der Waals surface area contributed by atoms with Crippen LogP contribution in [0.2, 0.25) is 0 Å². The highest BCUT2D eigenvalue weighted by Gasteiger charge is 1.92. The molecule has 0 fully saturated rings. The molecular weight excluding hydrogens is 138 g/mol. The molecule has 3 heteroatoms. The quantitative estimate of drug-likeness (QED) is 0.685. The Labute approximate surface area is 66.9 Å². The van der Waals surface area contributed by atoms with E-state index in [9.17, 15) is 0 Å². The maximum Gasteiger partial charge on any atom is 0.125 e. The van der Waals surface area contributed by atoms with Crippen LogP contribution in [-0.4, -0.2) is 23.6 Å². The van der Waals surface area contributed by atoms with Gasteiger partial charge in [0.25, 0.3) is 0 Å². The van der Waals surface area contributed by atoms with Crippen molar-refractivity contribution >= 4 is 0 Å². The van der Waals surface area contributed by atoms with Crippen LogP contribution >= 0.6 is 0 Å². The summed E-state index contributed by atoms with van der Waals surface area (Å²) in [5.74, 6) is 0.846. The first kappa shape index (κ1) is 8.14. The molecule has 1 N–H and O–H groups in total. The molecular formula is C8H13N3. The fourth-order valence-electron chi connectivity index (χ4n) is 0.897. The molecule has 0 saturated heterocycles. The first-order valence-corrected chi connectivity index (χ1v) is 3.76. The van der Waals surface area contributed by atoms with Crippen LogP contribution in [0, 0.1) is 6.92 Å². The van der Waals surface area contributed by atoms with Crippen LogP contribution in [0.25, 0.3) is 0 Å². The largest absolute Gasteiger partial charge is 0.319 e. The molecule has 0 radical (unpaired) electrons. The fourth-order valence-corrected chi connectivity index (χ4v) is 0.897. The van der Waals surface area contributed by atoms with Gasteiger partial charge in [-0.25, -0.2) is 9.97 Å². The van der Waals surface area contributed by atoms with Crippen molar-refractivity contribution in [3.05, 3.63) is 23.8 Å². The molecule has 0 aromatic carbocycles. The Morgan fingerprint density at radius 3 is 3.00 bits per heavy atom. The van der Waals surface area contributed by atoms with E-state index in [2.05, 4.69) is 15.3 Å². The van der Waals surface area contributed by atoms with Gasteiger partial charge in [0.1, 0.15) is 5.82 Å². The first-order valence-electron chi connectivity index (χ1n) is 3.76. The van der Waals surface area contributed by atoms with Crippen molar-refractivity contribution in [3.8, 4) is 0 Å². The molecule has 1 aromatic rings. The minimum Gasteiger partial charge on any atom is -0.319 e. The van der Waals surface area contributed by atoms with Crippen molar-refractivity contribution in [2.24, 2.45) is 0 Å². The highest BCUT2D eigenvalue weighted by atomic mass is 14.9. The van der Waals surface area contributed by atoms with E-state index >= 15 is 0 Å². The Bertz CT molecular complexity index is 222. The lowest BCUT2D eigenvalue weighted by atomic mass is 10.3. The Kier molecular flexibility index (Phi) is 2.98. The minimum atomic E-state index is 0.846. The van der Waals surface area contributed by atoms with Gasteiger partial charge >= 0.3 is 0 Å². The van der Waals surface area contributed by atoms with E-state index in [4.69, 9.17) is 0 Å². The maximum absolute atomic E-state index is 4.26. The van der Waals surface area contributed by atoms with Gasteiger partial charge in [-0.15, -0.1) is 0 Å². The molecule has 0 unspecified atom stereocenters. The van der Waals surface area contributed by atoms with Gasteiger partial charge in [0, 0.05) is 24.9 Å². The van der Waals surface area contributed by atoms with Gasteiger partial charge in [-0.05, 0) is 20.0 Å². The lowest BCUT2D eigenvalue weighted by molar-refractivity contribution is 0.769. The maximum atomic E-state index is 4.26. The Morgan fingerprint density at radius 2 is 2.36 bits per heavy atom. The third-order valence-corrected chi connectivity index (χ3v) is 1.46. The number of hydrogen-bond donors (Lipinski definition) is 1. The Morgan fingerprint density at radius 1 is 1.55 bits per heavy atom. The van der Waals surface area contributed by atoms with Crippen molar-refractivity contribution < 1.29 is 0 Å². The summed E-state index contributed by atoms with van der Waals surface area (Å²) in [6, 6.07) is 1.95. The predicted molar refractivity (Wildman–Crippen MR) is 44.4 cm³/mol. The monoisotopic (exact) mass is 151 g/mol. The summed E-state index contributed by atoms with van der Waals surface area (Å²) in [6.45, 7) is 2.87. The molecule has 0 aliphatic carbocycles. The van der Waals surface area contributed by atoms with Crippen molar-refractivity contribution in [3.63, 3.8) is 0 Å². The molecule has 0 saturated carbocycles. The second kappa shape index (κ2) is 4.03. The molecule has 0 bridgehead atoms. The van der Waals surface area contributed by atoms with Gasteiger partial charge in [0.15, 0.2) is 0 Å². The number of likely N-dealkylation sites (N-methyl/N-ethyl adjacent to an activating group) is 1. The highest BCUT2D eigenvalue weighted by Crippen LogP contribution is 1.94. The third kappa shape index (κ3) is 2.63. The van der Waals surface area contributed by atoms with E-state index in [0.29, 0.717) is 0 Å². The van der Waals surface area contributed by atoms with Crippen LogP contribution in [0.1, 0.15) is 11.5 Å². The van der Waals surface area contributed by atoms with Gasteiger partial charge in [-0.2, -0.15) is 0 Å². The number of aromatic nitrogens is 2. The molecule has 0 atom stereocenters. The molecule has 1 aromatic heterocycles. The molecule has 0 amide bonds. The molecule has 0 spiro atoms. The second-order valence-electron chi connectivity index (χ2n) is 2.45. The van der Waals surface area contributed by atoms with Gasteiger partial charge < -0.3 is 5.32 Å². The number of hydrogen-bond acceptors (Lipinski definition) is 3. The SMILES string of the molecule is CNCCc1ccnc(C)n1. The number of rotatable bonds is 3. The van der Waals surface area contributed by atoms with Crippen molar-refractivity contribution in [1.29, 1.82) is 0 Å². The van der Waals surface area contributed by atoms with Gasteiger partial charge in [-0.1, -0.05) is 0 Å².